The maximum atomic E-state index is 10.3. The average Bonchev–Trinajstić information content (AvgIpc) is 4.48. The first kappa shape index (κ1) is 111. The summed E-state index contributed by atoms with van der Waals surface area (Å²) in [5.41, 5.74) is 1.79. The second-order valence-electron chi connectivity index (χ2n) is 10.1. The van der Waals surface area contributed by atoms with Crippen molar-refractivity contribution in [3.8, 4) is 0 Å². The normalized spacial score (nSPS) is 9.90. The second kappa shape index (κ2) is 143. The van der Waals surface area contributed by atoms with Gasteiger partial charge in [-0.3, -0.25) is 15.1 Å². The van der Waals surface area contributed by atoms with Gasteiger partial charge in [0.1, 0.15) is 25.1 Å². The van der Waals surface area contributed by atoms with E-state index in [1.165, 1.54) is 75.3 Å². The Morgan fingerprint density at radius 3 is 1.25 bits per heavy atom. The summed E-state index contributed by atoms with van der Waals surface area (Å²) in [5.74, 6) is -0.407. The van der Waals surface area contributed by atoms with E-state index < -0.39 is 15.6 Å². The van der Waals surface area contributed by atoms with Crippen LogP contribution in [0.25, 0.3) is 0 Å². The van der Waals surface area contributed by atoms with Crippen molar-refractivity contribution in [1.82, 2.24) is 55.5 Å². The van der Waals surface area contributed by atoms with Crippen LogP contribution in [0.5, 0.6) is 0 Å². The van der Waals surface area contributed by atoms with Crippen LogP contribution in [0.3, 0.4) is 0 Å². The summed E-state index contributed by atoms with van der Waals surface area (Å²) in [4.78, 5) is 28.7. The van der Waals surface area contributed by atoms with Gasteiger partial charge in [-0.2, -0.15) is 20.5 Å². The second-order valence-corrected chi connectivity index (χ2v) is 12.8. The minimum atomic E-state index is -2.91. The highest BCUT2D eigenvalue weighted by atomic mass is 32.2. The molecule has 506 valence electrons. The van der Waals surface area contributed by atoms with E-state index in [9.17, 15) is 13.2 Å². The fraction of sp³-hybridized carbons (Fsp3) is 0.476. The largest absolute Gasteiger partial charge is 0.501 e. The minimum absolute atomic E-state index is 0.389. The number of allylic oxidation sites excluding steroid dienone is 4. The molecule has 0 saturated carbocycles. The van der Waals surface area contributed by atoms with Crippen LogP contribution in [-0.2, 0) is 24.0 Å². The summed E-state index contributed by atoms with van der Waals surface area (Å²) in [5, 5.41) is 26.1. The van der Waals surface area contributed by atoms with Gasteiger partial charge in [-0.05, 0) is 68.5 Å². The van der Waals surface area contributed by atoms with E-state index in [1.807, 2.05) is 208 Å². The van der Waals surface area contributed by atoms with Crippen LogP contribution in [0.4, 0.5) is 0 Å². The summed E-state index contributed by atoms with van der Waals surface area (Å²) in [6.07, 6.45) is 46.1. The van der Waals surface area contributed by atoms with Crippen molar-refractivity contribution in [1.29, 1.82) is 5.41 Å². The van der Waals surface area contributed by atoms with Gasteiger partial charge in [0.05, 0.1) is 49.5 Å². The number of aromatic amines is 5. The van der Waals surface area contributed by atoms with Gasteiger partial charge in [-0.1, -0.05) is 178 Å². The van der Waals surface area contributed by atoms with Crippen molar-refractivity contribution in [2.24, 2.45) is 4.40 Å². The molecule has 87 heavy (non-hydrogen) atoms. The number of thiol groups is 1. The molecular weight excluding hydrogens is 1160 g/mol. The van der Waals surface area contributed by atoms with Gasteiger partial charge in [0, 0.05) is 78.4 Å². The summed E-state index contributed by atoms with van der Waals surface area (Å²) < 4.78 is 46.2. The molecule has 21 nitrogen and oxygen atoms in total. The van der Waals surface area contributed by atoms with Crippen LogP contribution < -0.4 is 5.76 Å². The van der Waals surface area contributed by atoms with E-state index in [1.54, 1.807) is 79.0 Å². The van der Waals surface area contributed by atoms with Gasteiger partial charge >= 0.3 is 5.76 Å². The Kier molecular flexibility index (Phi) is 181. The molecule has 24 heteroatoms. The highest BCUT2D eigenvalue weighted by Gasteiger charge is 2.00. The van der Waals surface area contributed by atoms with E-state index in [0.29, 0.717) is 6.79 Å². The number of hydrogen-bond donors (Lipinski definition) is 7. The molecule has 6 N–H and O–H groups in total. The Morgan fingerprint density at radius 1 is 0.575 bits per heavy atom. The highest BCUT2D eigenvalue weighted by Crippen LogP contribution is 2.05. The standard InChI is InChI=1S/C5H8.C4H5N.C4H4O2S.C4H6O.2C3H4N2.C3H3NO2.C3H3NO.C3H3NS.C3H4O2.C2H3N3.C2H4N2S.12C2H6/c2*1-2-4-5-3-1;5-7(6)3-1-2-4-7;1-2-4-5-3-1;1-2-5-3-4-1;1-2-4-5-3-1;5-3-4-1-2-6-3;3*1-2-5-3-4-1;1-2-4-5-3-1;3-1-2-4-5;12*1-2/h1-2H,3-5H2;1-5H;1-4H;1,3H,2,4H2;2*1-3H,(H,4,5);1-2H,(H,4,5);2*1-3H;1-2H,3H2;1-2H,(H,3,4,5);1-3,5H;12*1-2H3. The van der Waals surface area contributed by atoms with Crippen LogP contribution in [0.2, 0.25) is 0 Å². The number of sulfone groups is 1. The molecule has 0 fully saturated rings. The Labute approximate surface area is 538 Å². The lowest BCUT2D eigenvalue weighted by molar-refractivity contribution is 0.0920. The zero-order chi connectivity index (χ0) is 69.7. The van der Waals surface area contributed by atoms with Gasteiger partial charge in [-0.25, -0.2) is 27.6 Å². The van der Waals surface area contributed by atoms with Gasteiger partial charge < -0.3 is 38.4 Å². The average molecular weight is 1290 g/mol. The number of imidazole rings is 1. The number of H-pyrrole nitrogens is 5. The number of hydrogen-bond acceptors (Lipinski definition) is 18. The molecular formula is C63H123N13O8S3. The summed E-state index contributed by atoms with van der Waals surface area (Å²) in [6, 6.07) is 5.72. The molecule has 7 aromatic heterocycles. The van der Waals surface area contributed by atoms with Crippen molar-refractivity contribution < 1.29 is 31.5 Å². The van der Waals surface area contributed by atoms with E-state index in [0.717, 1.165) is 30.1 Å². The molecule has 0 radical (unpaired) electrons. The van der Waals surface area contributed by atoms with E-state index in [4.69, 9.17) is 10.1 Å². The topological polar surface area (TPSA) is 298 Å². The molecule has 1 aliphatic carbocycles. The minimum Gasteiger partial charge on any atom is -0.501 e. The first-order chi connectivity index (χ1) is 43.0. The number of rotatable bonds is 1. The molecule has 7 aromatic rings. The molecule has 3 aliphatic heterocycles. The molecule has 0 saturated heterocycles. The highest BCUT2D eigenvalue weighted by molar-refractivity contribution is 7.97. The predicted octanol–water partition coefficient (Wildman–Crippen LogP) is 19.8. The first-order valence-electron chi connectivity index (χ1n) is 30.1. The van der Waals surface area contributed by atoms with Gasteiger partial charge in [0.2, 0.25) is 6.79 Å². The quantitative estimate of drug-likeness (QED) is 0.0457. The SMILES string of the molecule is C1=CCCC1.C1=COCC1.C1=COCO1.CC.CC.CC.CC.CC.CC.CC.CC.CC.CC.CC.CC.N=CC=NS.O=S1(=O)C=CC=C1.O=c1[nH]cco1.c1c[nH]cn1.c1cc[nH]c1.c1cn[nH]c1.c1cn[nH]n1.c1cocn1.c1cscn1. The van der Waals surface area contributed by atoms with Crippen molar-refractivity contribution in [2.75, 3.05) is 13.4 Å². The lowest BCUT2D eigenvalue weighted by atomic mass is 10.4. The number of nitrogens with zero attached hydrogens (tertiary/aromatic N) is 7. The zero-order valence-corrected chi connectivity index (χ0v) is 60.4. The van der Waals surface area contributed by atoms with Crippen LogP contribution in [0.1, 0.15) is 192 Å². The molecule has 0 spiro atoms. The molecule has 11 rings (SSSR count). The van der Waals surface area contributed by atoms with E-state index in [2.05, 4.69) is 103 Å². The third-order valence-electron chi connectivity index (χ3n) is 5.45. The van der Waals surface area contributed by atoms with Crippen molar-refractivity contribution in [3.63, 3.8) is 0 Å². The van der Waals surface area contributed by atoms with Crippen LogP contribution in [-0.4, -0.2) is 89.8 Å². The van der Waals surface area contributed by atoms with Crippen molar-refractivity contribution in [2.45, 2.75) is 192 Å². The Morgan fingerprint density at radius 2 is 1.13 bits per heavy atom. The smallest absolute Gasteiger partial charge is 0.416 e. The maximum absolute atomic E-state index is 10.3. The lowest BCUT2D eigenvalue weighted by Gasteiger charge is -1.82. The number of oxazole rings is 2. The van der Waals surface area contributed by atoms with Crippen LogP contribution in [0.15, 0.2) is 201 Å². The van der Waals surface area contributed by atoms with E-state index >= 15 is 0 Å². The zero-order valence-electron chi connectivity index (χ0n) is 57.9. The summed E-state index contributed by atoms with van der Waals surface area (Å²) >= 11 is 5.02. The predicted molar refractivity (Wildman–Crippen MR) is 381 cm³/mol. The van der Waals surface area contributed by atoms with Gasteiger partial charge in [-0.15, -0.1) is 11.3 Å². The Hall–Kier alpha value is -7.57. The van der Waals surface area contributed by atoms with E-state index in [-0.39, 0.29) is 0 Å². The molecule has 0 bridgehead atoms. The fourth-order valence-electron chi connectivity index (χ4n) is 2.97. The monoisotopic (exact) mass is 1290 g/mol. The lowest BCUT2D eigenvalue weighted by Crippen LogP contribution is -1.91. The molecule has 4 aliphatic rings. The Bertz CT molecular complexity index is 1770. The number of aromatic nitrogens is 11. The van der Waals surface area contributed by atoms with Gasteiger partial charge in [0.15, 0.2) is 16.2 Å². The molecule has 0 amide bonds. The molecule has 0 aromatic carbocycles. The maximum Gasteiger partial charge on any atom is 0.416 e. The third-order valence-corrected chi connectivity index (χ3v) is 7.18. The number of thiazole rings is 1. The van der Waals surface area contributed by atoms with Gasteiger partial charge in [0.25, 0.3) is 0 Å². The van der Waals surface area contributed by atoms with Crippen molar-refractivity contribution in [3.05, 3.63) is 193 Å². The number of nitrogens with one attached hydrogen (secondary N) is 6. The molecule has 10 heterocycles. The third kappa shape index (κ3) is 149. The summed E-state index contributed by atoms with van der Waals surface area (Å²) in [7, 11) is -2.91. The Balaban J connectivity index is -0.0000000606. The van der Waals surface area contributed by atoms with Crippen LogP contribution in [0, 0.1) is 5.41 Å². The number of ether oxygens (including phenoxy) is 3. The first-order valence-corrected chi connectivity index (χ1v) is 33.0. The molecule has 0 unspecified atom stereocenters. The fourth-order valence-corrected chi connectivity index (χ4v) is 4.10. The van der Waals surface area contributed by atoms with Crippen LogP contribution >= 0.6 is 24.2 Å². The molecule has 0 atom stereocenters. The summed E-state index contributed by atoms with van der Waals surface area (Å²) in [6.45, 7) is 49.3. The van der Waals surface area contributed by atoms with Crippen molar-refractivity contribution >= 4 is 46.4 Å².